The van der Waals surface area contributed by atoms with E-state index in [1.54, 1.807) is 0 Å². The molecule has 0 aliphatic heterocycles. The highest BCUT2D eigenvalue weighted by molar-refractivity contribution is 6.26. The van der Waals surface area contributed by atoms with Crippen LogP contribution in [0.4, 0.5) is 0 Å². The molecule has 0 bridgehead atoms. The Bertz CT molecular complexity index is 4130. The van der Waals surface area contributed by atoms with E-state index >= 15 is 0 Å². The third-order valence-electron chi connectivity index (χ3n) is 12.5. The van der Waals surface area contributed by atoms with Gasteiger partial charge in [0.15, 0.2) is 0 Å². The molecule has 4 nitrogen and oxygen atoms in total. The van der Waals surface area contributed by atoms with Gasteiger partial charge in [0.25, 0.3) is 0 Å². The van der Waals surface area contributed by atoms with Crippen LogP contribution in [0.25, 0.3) is 133 Å². The average molecular weight is 737 g/mol. The van der Waals surface area contributed by atoms with Crippen molar-refractivity contribution in [2.24, 2.45) is 0 Å². The number of pyridine rings is 2. The van der Waals surface area contributed by atoms with Crippen molar-refractivity contribution in [2.75, 3.05) is 0 Å². The summed E-state index contributed by atoms with van der Waals surface area (Å²) in [7, 11) is 0. The largest absolute Gasteiger partial charge is 0.291 e. The second-order valence-corrected chi connectivity index (χ2v) is 15.4. The number of rotatable bonds is 2. The van der Waals surface area contributed by atoms with Gasteiger partial charge in [-0.15, -0.1) is 0 Å². The summed E-state index contributed by atoms with van der Waals surface area (Å²) in [6.45, 7) is 8.56. The van der Waals surface area contributed by atoms with Crippen molar-refractivity contribution in [3.05, 3.63) is 181 Å². The van der Waals surface area contributed by atoms with Crippen LogP contribution in [0.2, 0.25) is 0 Å². The molecule has 4 heterocycles. The highest BCUT2D eigenvalue weighted by atomic mass is 15.0. The van der Waals surface area contributed by atoms with Gasteiger partial charge in [-0.3, -0.25) is 8.80 Å². The molecule has 0 radical (unpaired) electrons. The van der Waals surface area contributed by atoms with E-state index in [9.17, 15) is 0 Å². The maximum Gasteiger partial charge on any atom is 0.146 e. The van der Waals surface area contributed by atoms with Gasteiger partial charge < -0.3 is 0 Å². The van der Waals surface area contributed by atoms with Gasteiger partial charge in [0.2, 0.25) is 0 Å². The number of hydrogen-bond donors (Lipinski definition) is 0. The number of aromatic nitrogens is 4. The second-order valence-electron chi connectivity index (χ2n) is 15.4. The van der Waals surface area contributed by atoms with E-state index in [0.717, 1.165) is 87.5 Å². The van der Waals surface area contributed by atoms with Crippen molar-refractivity contribution >= 4 is 122 Å². The fourth-order valence-corrected chi connectivity index (χ4v) is 10.0. The number of nitrogens with zero attached hydrogens (tertiary/aromatic N) is 4. The van der Waals surface area contributed by atoms with Crippen molar-refractivity contribution in [3.8, 4) is 11.1 Å². The smallest absolute Gasteiger partial charge is 0.146 e. The molecule has 0 atom stereocenters. The molecular weight excluding hydrogens is 705 g/mol. The summed E-state index contributed by atoms with van der Waals surface area (Å²) in [6.07, 6.45) is 3.88. The monoisotopic (exact) mass is 736 g/mol. The van der Waals surface area contributed by atoms with Crippen LogP contribution in [0.5, 0.6) is 0 Å². The van der Waals surface area contributed by atoms with E-state index in [2.05, 4.69) is 180 Å². The average Bonchev–Trinajstić information content (AvgIpc) is 3.89. The molecule has 4 heteroatoms. The van der Waals surface area contributed by atoms with Crippen LogP contribution in [0, 0.1) is 0 Å². The van der Waals surface area contributed by atoms with Crippen LogP contribution < -0.4 is 10.4 Å². The predicted molar refractivity (Wildman–Crippen MR) is 246 cm³/mol. The summed E-state index contributed by atoms with van der Waals surface area (Å²) in [5, 5.41) is 16.1. The highest BCUT2D eigenvalue weighted by Gasteiger charge is 2.21. The molecular formula is C54H32N4. The lowest BCUT2D eigenvalue weighted by Crippen LogP contribution is -2.25. The molecule has 0 saturated carbocycles. The Morgan fingerprint density at radius 3 is 1.33 bits per heavy atom. The normalized spacial score (nSPS) is 12.7. The summed E-state index contributed by atoms with van der Waals surface area (Å²) in [6, 6.07) is 57.2. The fourth-order valence-electron chi connectivity index (χ4n) is 10.0. The van der Waals surface area contributed by atoms with E-state index in [-0.39, 0.29) is 0 Å². The minimum absolute atomic E-state index is 0.936. The van der Waals surface area contributed by atoms with Crippen molar-refractivity contribution in [3.63, 3.8) is 0 Å². The molecule has 4 aromatic heterocycles. The fraction of sp³-hybridized carbons (Fsp3) is 0. The summed E-state index contributed by atoms with van der Waals surface area (Å²) >= 11 is 0. The molecule has 58 heavy (non-hydrogen) atoms. The van der Waals surface area contributed by atoms with Crippen LogP contribution in [-0.2, 0) is 0 Å². The third kappa shape index (κ3) is 3.98. The third-order valence-corrected chi connectivity index (χ3v) is 12.5. The molecule has 0 unspecified atom stereocenters. The molecule has 0 saturated heterocycles. The van der Waals surface area contributed by atoms with Crippen molar-refractivity contribution in [2.45, 2.75) is 0 Å². The molecule has 0 spiro atoms. The first-order valence-electron chi connectivity index (χ1n) is 19.7. The van der Waals surface area contributed by atoms with Crippen molar-refractivity contribution in [1.29, 1.82) is 0 Å². The van der Waals surface area contributed by atoms with E-state index < -0.39 is 0 Å². The summed E-state index contributed by atoms with van der Waals surface area (Å²) in [4.78, 5) is 10.8. The summed E-state index contributed by atoms with van der Waals surface area (Å²) < 4.78 is 4.77. The number of benzene rings is 9. The summed E-state index contributed by atoms with van der Waals surface area (Å²) in [5.41, 5.74) is 10.7. The van der Waals surface area contributed by atoms with Crippen LogP contribution in [-0.4, -0.2) is 18.8 Å². The Labute approximate surface area is 331 Å². The number of fused-ring (bicyclic) bond motifs is 23. The van der Waals surface area contributed by atoms with E-state index in [4.69, 9.17) is 9.97 Å². The molecule has 268 valence electrons. The SMILES string of the molecule is C=C/C=c1\c(=C)c2ccccc2c2c1nc1c3ccccc3c3cc(-c4ccc5c(c4)c4ccccc4c4nc6c7ccccc7c7ccccc7c6n54)ccc3n12. The lowest BCUT2D eigenvalue weighted by atomic mass is 9.97. The maximum absolute atomic E-state index is 5.44. The van der Waals surface area contributed by atoms with E-state index in [1.807, 2.05) is 12.2 Å². The Balaban J connectivity index is 1.13. The van der Waals surface area contributed by atoms with Crippen LogP contribution in [0.1, 0.15) is 0 Å². The minimum Gasteiger partial charge on any atom is -0.291 e. The first kappa shape index (κ1) is 31.4. The van der Waals surface area contributed by atoms with E-state index in [1.165, 1.54) is 43.1 Å². The van der Waals surface area contributed by atoms with Crippen molar-refractivity contribution in [1.82, 2.24) is 18.8 Å². The maximum atomic E-state index is 5.44. The predicted octanol–water partition coefficient (Wildman–Crippen LogP) is 12.4. The summed E-state index contributed by atoms with van der Waals surface area (Å²) in [5.74, 6) is 0. The molecule has 0 amide bonds. The Morgan fingerprint density at radius 1 is 0.397 bits per heavy atom. The highest BCUT2D eigenvalue weighted by Crippen LogP contribution is 2.41. The second kappa shape index (κ2) is 11.4. The van der Waals surface area contributed by atoms with Crippen LogP contribution in [0.15, 0.2) is 170 Å². The molecule has 0 fully saturated rings. The first-order chi connectivity index (χ1) is 28.7. The van der Waals surface area contributed by atoms with Gasteiger partial charge in [0, 0.05) is 42.9 Å². The van der Waals surface area contributed by atoms with Gasteiger partial charge >= 0.3 is 0 Å². The first-order valence-corrected chi connectivity index (χ1v) is 19.7. The van der Waals surface area contributed by atoms with Crippen LogP contribution >= 0.6 is 0 Å². The van der Waals surface area contributed by atoms with E-state index in [0.29, 0.717) is 0 Å². The standard InChI is InChI=1S/C54H32N4/c1-3-14-35-31(2)34-15-4-10-21-41(34)51-49(35)55-53-43-23-12-7-18-38(43)45-29-32(25-27-47(45)57(51)53)33-26-28-48-46(30-33)39-19-8-13-24-44(39)54-56-50-40-20-9-5-16-36(40)37-17-6-11-22-42(37)52(50)58(48)54/h3-30H,1-2H2/b35-14+. The molecule has 13 rings (SSSR count). The molecule has 0 aliphatic carbocycles. The molecule has 13 aromatic rings. The zero-order chi connectivity index (χ0) is 38.2. The Kier molecular flexibility index (Phi) is 6.16. The topological polar surface area (TPSA) is 34.6 Å². The van der Waals surface area contributed by atoms with Gasteiger partial charge in [0.05, 0.1) is 33.1 Å². The minimum atomic E-state index is 0.936. The van der Waals surface area contributed by atoms with Gasteiger partial charge in [0.1, 0.15) is 11.3 Å². The lowest BCUT2D eigenvalue weighted by Gasteiger charge is -2.14. The van der Waals surface area contributed by atoms with Gasteiger partial charge in [-0.2, -0.15) is 0 Å². The Morgan fingerprint density at radius 2 is 0.793 bits per heavy atom. The van der Waals surface area contributed by atoms with Crippen LogP contribution in [0.3, 0.4) is 0 Å². The number of allylic oxidation sites excluding steroid dienone is 1. The van der Waals surface area contributed by atoms with Gasteiger partial charge in [-0.1, -0.05) is 159 Å². The van der Waals surface area contributed by atoms with Gasteiger partial charge in [-0.05, 0) is 67.5 Å². The molecule has 0 N–H and O–H groups in total. The molecule has 0 aliphatic rings. The number of imidazole rings is 2. The number of hydrogen-bond acceptors (Lipinski definition) is 2. The zero-order valence-corrected chi connectivity index (χ0v) is 31.4. The zero-order valence-electron chi connectivity index (χ0n) is 31.4. The molecule has 9 aromatic carbocycles. The lowest BCUT2D eigenvalue weighted by molar-refractivity contribution is 1.32. The Hall–Kier alpha value is -7.82. The quantitative estimate of drug-likeness (QED) is 0.166. The van der Waals surface area contributed by atoms with Gasteiger partial charge in [-0.25, -0.2) is 9.97 Å². The van der Waals surface area contributed by atoms with Crippen molar-refractivity contribution < 1.29 is 0 Å².